The van der Waals surface area contributed by atoms with E-state index in [1.807, 2.05) is 7.05 Å². The number of hydrogen-bond donors (Lipinski definition) is 0. The molecule has 0 bridgehead atoms. The predicted octanol–water partition coefficient (Wildman–Crippen LogP) is 0.562. The summed E-state index contributed by atoms with van der Waals surface area (Å²) in [6.45, 7) is 3.01. The number of likely N-dealkylation sites (N-methyl/N-ethyl adjacent to an activating group) is 1. The van der Waals surface area contributed by atoms with E-state index in [1.165, 1.54) is 17.7 Å². The third-order valence-corrected chi connectivity index (χ3v) is 4.56. The summed E-state index contributed by atoms with van der Waals surface area (Å²) < 4.78 is 6.09. The van der Waals surface area contributed by atoms with Crippen LogP contribution < -0.4 is 5.56 Å². The van der Waals surface area contributed by atoms with Gasteiger partial charge in [-0.2, -0.15) is 0 Å². The first-order valence-corrected chi connectivity index (χ1v) is 8.17. The van der Waals surface area contributed by atoms with Gasteiger partial charge in [-0.3, -0.25) is 9.59 Å². The monoisotopic (exact) mass is 343 g/mol. The van der Waals surface area contributed by atoms with Gasteiger partial charge in [0.2, 0.25) is 5.91 Å². The van der Waals surface area contributed by atoms with Gasteiger partial charge in [-0.25, -0.2) is 4.79 Å². The smallest absolute Gasteiger partial charge is 0.337 e. The lowest BCUT2D eigenvalue weighted by molar-refractivity contribution is -0.133. The topological polar surface area (TPSA) is 71.8 Å². The zero-order valence-corrected chi connectivity index (χ0v) is 14.4. The Kier molecular flexibility index (Phi) is 4.85. The van der Waals surface area contributed by atoms with Crippen molar-refractivity contribution in [3.05, 3.63) is 46.4 Å². The minimum absolute atomic E-state index is 0.000932. The number of rotatable bonds is 3. The fraction of sp³-hybridized carbons (Fsp3) is 0.389. The lowest BCUT2D eigenvalue weighted by Crippen LogP contribution is -2.48. The Morgan fingerprint density at radius 2 is 1.84 bits per heavy atom. The third-order valence-electron chi connectivity index (χ3n) is 4.56. The van der Waals surface area contributed by atoms with Crippen LogP contribution in [-0.2, 0) is 16.1 Å². The van der Waals surface area contributed by atoms with E-state index in [2.05, 4.69) is 4.90 Å². The highest BCUT2D eigenvalue weighted by molar-refractivity contribution is 5.95. The Morgan fingerprint density at radius 3 is 2.52 bits per heavy atom. The number of nitrogens with zero attached hydrogens (tertiary/aromatic N) is 3. The van der Waals surface area contributed by atoms with Crippen LogP contribution in [0.2, 0.25) is 0 Å². The molecule has 1 saturated heterocycles. The van der Waals surface area contributed by atoms with Crippen LogP contribution in [0, 0.1) is 0 Å². The Balaban J connectivity index is 1.86. The van der Waals surface area contributed by atoms with Crippen LogP contribution in [0.25, 0.3) is 10.8 Å². The molecule has 0 saturated carbocycles. The number of methoxy groups -OCH3 is 1. The zero-order chi connectivity index (χ0) is 18.0. The molecule has 1 aromatic carbocycles. The number of hydrogen-bond acceptors (Lipinski definition) is 5. The second kappa shape index (κ2) is 7.06. The van der Waals surface area contributed by atoms with Crippen molar-refractivity contribution in [3.63, 3.8) is 0 Å². The number of ether oxygens (including phenoxy) is 1. The summed E-state index contributed by atoms with van der Waals surface area (Å²) in [5, 5.41) is 1.12. The second-order valence-electron chi connectivity index (χ2n) is 6.23. The van der Waals surface area contributed by atoms with Crippen molar-refractivity contribution in [3.8, 4) is 0 Å². The average Bonchev–Trinajstić information content (AvgIpc) is 2.63. The van der Waals surface area contributed by atoms with Gasteiger partial charge in [-0.05, 0) is 30.6 Å². The van der Waals surface area contributed by atoms with E-state index >= 15 is 0 Å². The highest BCUT2D eigenvalue weighted by atomic mass is 16.5. The molecule has 1 fully saturated rings. The maximum atomic E-state index is 12.7. The van der Waals surface area contributed by atoms with Gasteiger partial charge in [0, 0.05) is 37.8 Å². The summed E-state index contributed by atoms with van der Waals surface area (Å²) in [4.78, 5) is 40.8. The summed E-state index contributed by atoms with van der Waals surface area (Å²) in [6.07, 6.45) is 1.62. The molecule has 1 aliphatic heterocycles. The SMILES string of the molecule is COC(=O)c1ccc2ccn(CC(=O)N3CCN(C)CC3)c(=O)c2c1. The van der Waals surface area contributed by atoms with Crippen LogP contribution in [-0.4, -0.2) is 66.6 Å². The van der Waals surface area contributed by atoms with Gasteiger partial charge in [0.05, 0.1) is 12.7 Å². The molecule has 7 nitrogen and oxygen atoms in total. The molecule has 0 N–H and O–H groups in total. The number of carbonyl (C=O) groups excluding carboxylic acids is 2. The van der Waals surface area contributed by atoms with E-state index in [0.29, 0.717) is 24.0 Å². The van der Waals surface area contributed by atoms with Gasteiger partial charge in [0.1, 0.15) is 6.54 Å². The Morgan fingerprint density at radius 1 is 1.12 bits per heavy atom. The van der Waals surface area contributed by atoms with Crippen LogP contribution in [0.3, 0.4) is 0 Å². The van der Waals surface area contributed by atoms with Crippen molar-refractivity contribution >= 4 is 22.6 Å². The molecular formula is C18H21N3O4. The number of esters is 1. The highest BCUT2D eigenvalue weighted by Gasteiger charge is 2.19. The normalized spacial score (nSPS) is 15.4. The predicted molar refractivity (Wildman–Crippen MR) is 93.6 cm³/mol. The lowest BCUT2D eigenvalue weighted by atomic mass is 10.1. The molecular weight excluding hydrogens is 322 g/mol. The van der Waals surface area contributed by atoms with Gasteiger partial charge in [0.25, 0.3) is 5.56 Å². The molecule has 7 heteroatoms. The molecule has 2 aromatic rings. The maximum absolute atomic E-state index is 12.7. The maximum Gasteiger partial charge on any atom is 0.337 e. The van der Waals surface area contributed by atoms with E-state index in [-0.39, 0.29) is 18.0 Å². The first-order chi connectivity index (χ1) is 12.0. The molecule has 1 amide bonds. The summed E-state index contributed by atoms with van der Waals surface area (Å²) in [5.74, 6) is -0.566. The quantitative estimate of drug-likeness (QED) is 0.762. The van der Waals surface area contributed by atoms with E-state index in [4.69, 9.17) is 4.74 Å². The molecule has 0 aliphatic carbocycles. The van der Waals surface area contributed by atoms with Gasteiger partial charge >= 0.3 is 5.97 Å². The van der Waals surface area contributed by atoms with Gasteiger partial charge in [0.15, 0.2) is 0 Å². The fourth-order valence-corrected chi connectivity index (χ4v) is 2.95. The van der Waals surface area contributed by atoms with Gasteiger partial charge in [-0.15, -0.1) is 0 Å². The number of pyridine rings is 1. The van der Waals surface area contributed by atoms with E-state index in [0.717, 1.165) is 18.5 Å². The van der Waals surface area contributed by atoms with Crippen molar-refractivity contribution in [1.29, 1.82) is 0 Å². The minimum Gasteiger partial charge on any atom is -0.465 e. The molecule has 0 spiro atoms. The molecule has 132 valence electrons. The number of amides is 1. The number of fused-ring (bicyclic) bond motifs is 1. The van der Waals surface area contributed by atoms with Crippen molar-refractivity contribution in [1.82, 2.24) is 14.4 Å². The van der Waals surface area contributed by atoms with Crippen LogP contribution in [0.15, 0.2) is 35.3 Å². The molecule has 3 rings (SSSR count). The Bertz CT molecular complexity index is 866. The van der Waals surface area contributed by atoms with Gasteiger partial charge < -0.3 is 19.1 Å². The zero-order valence-electron chi connectivity index (χ0n) is 14.4. The van der Waals surface area contributed by atoms with E-state index in [9.17, 15) is 14.4 Å². The first kappa shape index (κ1) is 17.2. The van der Waals surface area contributed by atoms with E-state index < -0.39 is 5.97 Å². The summed E-state index contributed by atoms with van der Waals surface area (Å²) >= 11 is 0. The standard InChI is InChI=1S/C18H21N3O4/c1-19-7-9-20(10-8-19)16(22)12-21-6-5-13-3-4-14(18(24)25-2)11-15(13)17(21)23/h3-6,11H,7-10,12H2,1-2H3. The molecule has 1 aliphatic rings. The summed E-state index contributed by atoms with van der Waals surface area (Å²) in [5.41, 5.74) is 0.0287. The summed E-state index contributed by atoms with van der Waals surface area (Å²) in [7, 11) is 3.32. The molecule has 0 radical (unpaired) electrons. The second-order valence-corrected chi connectivity index (χ2v) is 6.23. The summed E-state index contributed by atoms with van der Waals surface area (Å²) in [6, 6.07) is 6.61. The van der Waals surface area contributed by atoms with Crippen molar-refractivity contribution in [2.24, 2.45) is 0 Å². The molecule has 2 heterocycles. The minimum atomic E-state index is -0.495. The van der Waals surface area contributed by atoms with E-state index in [1.54, 1.807) is 29.3 Å². The number of carbonyl (C=O) groups is 2. The average molecular weight is 343 g/mol. The lowest BCUT2D eigenvalue weighted by Gasteiger charge is -2.32. The van der Waals surface area contributed by atoms with Crippen molar-refractivity contribution < 1.29 is 14.3 Å². The molecule has 0 atom stereocenters. The van der Waals surface area contributed by atoms with Crippen LogP contribution in [0.4, 0.5) is 0 Å². The highest BCUT2D eigenvalue weighted by Crippen LogP contribution is 2.13. The Hall–Kier alpha value is -2.67. The van der Waals surface area contributed by atoms with Crippen molar-refractivity contribution in [2.45, 2.75) is 6.54 Å². The number of piperazine rings is 1. The van der Waals surface area contributed by atoms with Crippen LogP contribution >= 0.6 is 0 Å². The molecule has 1 aromatic heterocycles. The van der Waals surface area contributed by atoms with Crippen LogP contribution in [0.5, 0.6) is 0 Å². The van der Waals surface area contributed by atoms with Crippen molar-refractivity contribution in [2.75, 3.05) is 40.3 Å². The molecule has 25 heavy (non-hydrogen) atoms. The molecule has 0 unspecified atom stereocenters. The number of aromatic nitrogens is 1. The Labute approximate surface area is 145 Å². The largest absolute Gasteiger partial charge is 0.465 e. The number of benzene rings is 1. The first-order valence-electron chi connectivity index (χ1n) is 8.17. The third kappa shape index (κ3) is 3.56. The fourth-order valence-electron chi connectivity index (χ4n) is 2.95. The van der Waals surface area contributed by atoms with Crippen LogP contribution in [0.1, 0.15) is 10.4 Å². The van der Waals surface area contributed by atoms with Gasteiger partial charge in [-0.1, -0.05) is 6.07 Å².